The van der Waals surface area contributed by atoms with E-state index in [2.05, 4.69) is 17.6 Å². The fourth-order valence-corrected chi connectivity index (χ4v) is 7.67. The third-order valence-electron chi connectivity index (χ3n) is 8.81. The first-order valence-corrected chi connectivity index (χ1v) is 15.3. The Morgan fingerprint density at radius 1 is 1.05 bits per heavy atom. The number of carbonyl (C=O) groups is 3. The number of hydrogen-bond donors (Lipinski definition) is 2. The third kappa shape index (κ3) is 5.22. The number of aliphatic imine (C=N–C) groups is 1. The van der Waals surface area contributed by atoms with Crippen LogP contribution in [-0.2, 0) is 26.0 Å². The summed E-state index contributed by atoms with van der Waals surface area (Å²) in [6, 6.07) is 4.90. The minimum absolute atomic E-state index is 0.0218. The number of urea groups is 1. The largest absolute Gasteiger partial charge is 0.329 e. The normalized spacial score (nSPS) is 26.0. The van der Waals surface area contributed by atoms with Crippen molar-refractivity contribution >= 4 is 39.4 Å². The molecule has 0 atom stereocenters. The standard InChI is InChI=1S/C27H37N5O5S/c1-3-19-4-6-21(7-5-19)24-29-25(34)27(30-24)11-13-31(14-12-27)38(36,37)15-10-20-8-9-22(16-18(20)2)32-17-23(33)28-26(32)35/h8-9,16,19,21H,3-7,10-15,17H2,1-2H3,(H,28,33,35)(H,29,30,34)/t19-,21-. The minimum Gasteiger partial charge on any atom is -0.312 e. The number of hydrogen-bond acceptors (Lipinski definition) is 6. The summed E-state index contributed by atoms with van der Waals surface area (Å²) in [6.07, 6.45) is 6.78. The van der Waals surface area contributed by atoms with E-state index >= 15 is 0 Å². The Hall–Kier alpha value is -2.79. The number of amidine groups is 1. The van der Waals surface area contributed by atoms with Crippen molar-refractivity contribution in [2.75, 3.05) is 30.3 Å². The van der Waals surface area contributed by atoms with Crippen molar-refractivity contribution in [2.24, 2.45) is 16.8 Å². The van der Waals surface area contributed by atoms with Gasteiger partial charge in [-0.2, -0.15) is 0 Å². The summed E-state index contributed by atoms with van der Waals surface area (Å²) in [7, 11) is -3.51. The van der Waals surface area contributed by atoms with Crippen LogP contribution in [0.4, 0.5) is 10.5 Å². The molecule has 206 valence electrons. The number of anilines is 1. The van der Waals surface area contributed by atoms with Gasteiger partial charge in [0.25, 0.3) is 5.91 Å². The quantitative estimate of drug-likeness (QED) is 0.511. The Balaban J connectivity index is 1.17. The molecule has 1 saturated carbocycles. The van der Waals surface area contributed by atoms with E-state index in [4.69, 9.17) is 4.99 Å². The molecule has 4 amide bonds. The van der Waals surface area contributed by atoms with Gasteiger partial charge in [0.1, 0.15) is 17.9 Å². The fourth-order valence-electron chi connectivity index (χ4n) is 6.20. The highest BCUT2D eigenvalue weighted by Crippen LogP contribution is 2.36. The molecule has 2 N–H and O–H groups in total. The lowest BCUT2D eigenvalue weighted by molar-refractivity contribution is -0.125. The molecule has 1 aromatic rings. The molecule has 0 radical (unpaired) electrons. The van der Waals surface area contributed by atoms with Crippen LogP contribution in [0.1, 0.15) is 63.0 Å². The van der Waals surface area contributed by atoms with Crippen molar-refractivity contribution in [3.63, 3.8) is 0 Å². The average Bonchev–Trinajstić information content (AvgIpc) is 3.41. The number of carbonyl (C=O) groups excluding carboxylic acids is 3. The van der Waals surface area contributed by atoms with Gasteiger partial charge < -0.3 is 5.32 Å². The molecule has 38 heavy (non-hydrogen) atoms. The molecular weight excluding hydrogens is 506 g/mol. The van der Waals surface area contributed by atoms with Gasteiger partial charge in [-0.05, 0) is 81.0 Å². The lowest BCUT2D eigenvalue weighted by atomic mass is 9.80. The molecule has 2 saturated heterocycles. The number of nitrogens with one attached hydrogen (secondary N) is 2. The third-order valence-corrected chi connectivity index (χ3v) is 10.7. The summed E-state index contributed by atoms with van der Waals surface area (Å²) in [5.74, 6) is 1.43. The molecule has 10 nitrogen and oxygen atoms in total. The van der Waals surface area contributed by atoms with Gasteiger partial charge in [-0.25, -0.2) is 17.5 Å². The second-order valence-corrected chi connectivity index (χ2v) is 13.2. The molecular formula is C27H37N5O5S. The molecule has 0 bridgehead atoms. The first-order chi connectivity index (χ1) is 18.1. The summed E-state index contributed by atoms with van der Waals surface area (Å²) in [5, 5.41) is 5.30. The topological polar surface area (TPSA) is 128 Å². The van der Waals surface area contributed by atoms with E-state index < -0.39 is 21.6 Å². The van der Waals surface area contributed by atoms with Gasteiger partial charge in [0, 0.05) is 24.7 Å². The van der Waals surface area contributed by atoms with Crippen LogP contribution >= 0.6 is 0 Å². The molecule has 4 aliphatic rings. The Bertz CT molecular complexity index is 1260. The molecule has 3 aliphatic heterocycles. The number of benzene rings is 1. The summed E-state index contributed by atoms with van der Waals surface area (Å²) < 4.78 is 27.8. The van der Waals surface area contributed by atoms with E-state index in [-0.39, 0.29) is 37.2 Å². The van der Waals surface area contributed by atoms with Crippen molar-refractivity contribution in [1.82, 2.24) is 14.9 Å². The Kier molecular flexibility index (Phi) is 7.34. The zero-order valence-electron chi connectivity index (χ0n) is 22.2. The van der Waals surface area contributed by atoms with Crippen molar-refractivity contribution in [3.05, 3.63) is 29.3 Å². The number of nitrogens with zero attached hydrogens (tertiary/aromatic N) is 3. The number of sulfonamides is 1. The van der Waals surface area contributed by atoms with Gasteiger partial charge in [0.15, 0.2) is 0 Å². The van der Waals surface area contributed by atoms with Gasteiger partial charge in [0.05, 0.1) is 5.75 Å². The van der Waals surface area contributed by atoms with Crippen LogP contribution in [0.2, 0.25) is 0 Å². The maximum atomic E-state index is 13.2. The molecule has 0 aromatic heterocycles. The van der Waals surface area contributed by atoms with Crippen LogP contribution in [0.15, 0.2) is 23.2 Å². The van der Waals surface area contributed by atoms with E-state index in [0.717, 1.165) is 35.7 Å². The molecule has 1 aliphatic carbocycles. The van der Waals surface area contributed by atoms with E-state index in [9.17, 15) is 22.8 Å². The Labute approximate surface area is 224 Å². The first kappa shape index (κ1) is 26.8. The van der Waals surface area contributed by atoms with Gasteiger partial charge in [-0.3, -0.25) is 24.8 Å². The van der Waals surface area contributed by atoms with Crippen molar-refractivity contribution < 1.29 is 22.8 Å². The van der Waals surface area contributed by atoms with Crippen LogP contribution in [0.3, 0.4) is 0 Å². The summed E-state index contributed by atoms with van der Waals surface area (Å²) in [5.41, 5.74) is 1.50. The van der Waals surface area contributed by atoms with Gasteiger partial charge in [0.2, 0.25) is 15.9 Å². The number of imide groups is 1. The number of aryl methyl sites for hydroxylation is 2. The van der Waals surface area contributed by atoms with E-state index in [0.29, 0.717) is 30.9 Å². The van der Waals surface area contributed by atoms with Crippen molar-refractivity contribution in [1.29, 1.82) is 0 Å². The molecule has 0 unspecified atom stereocenters. The monoisotopic (exact) mass is 543 g/mol. The minimum atomic E-state index is -3.51. The molecule has 3 heterocycles. The van der Waals surface area contributed by atoms with Crippen LogP contribution in [0.25, 0.3) is 0 Å². The summed E-state index contributed by atoms with van der Waals surface area (Å²) >= 11 is 0. The van der Waals surface area contributed by atoms with Gasteiger partial charge in [-0.15, -0.1) is 0 Å². The molecule has 11 heteroatoms. The van der Waals surface area contributed by atoms with Crippen LogP contribution < -0.4 is 15.5 Å². The Morgan fingerprint density at radius 3 is 2.37 bits per heavy atom. The van der Waals surface area contributed by atoms with Gasteiger partial charge >= 0.3 is 6.03 Å². The van der Waals surface area contributed by atoms with Gasteiger partial charge in [-0.1, -0.05) is 19.4 Å². The van der Waals surface area contributed by atoms with E-state index in [1.165, 1.54) is 28.5 Å². The number of piperidine rings is 1. The predicted octanol–water partition coefficient (Wildman–Crippen LogP) is 2.50. The lowest BCUT2D eigenvalue weighted by Gasteiger charge is -2.34. The van der Waals surface area contributed by atoms with Crippen LogP contribution in [0, 0.1) is 18.8 Å². The number of amides is 4. The first-order valence-electron chi connectivity index (χ1n) is 13.7. The average molecular weight is 544 g/mol. The predicted molar refractivity (Wildman–Crippen MR) is 144 cm³/mol. The second-order valence-electron chi connectivity index (χ2n) is 11.1. The maximum absolute atomic E-state index is 13.2. The SMILES string of the molecule is CC[C@H]1CC[C@H](C2=NC3(CCN(S(=O)(=O)CCc4ccc(N5CC(=O)NC5=O)cc4C)CC3)C(=O)N2)CC1. The lowest BCUT2D eigenvalue weighted by Crippen LogP contribution is -2.51. The molecule has 1 aromatic carbocycles. The molecule has 1 spiro atoms. The van der Waals surface area contributed by atoms with Crippen molar-refractivity contribution in [2.45, 2.75) is 70.8 Å². The smallest absolute Gasteiger partial charge is 0.312 e. The summed E-state index contributed by atoms with van der Waals surface area (Å²) in [4.78, 5) is 42.6. The maximum Gasteiger partial charge on any atom is 0.329 e. The molecule has 5 rings (SSSR count). The highest BCUT2D eigenvalue weighted by atomic mass is 32.2. The van der Waals surface area contributed by atoms with Crippen LogP contribution in [0.5, 0.6) is 0 Å². The Morgan fingerprint density at radius 2 is 1.76 bits per heavy atom. The second kappa shape index (κ2) is 10.4. The zero-order chi connectivity index (χ0) is 27.1. The fraction of sp³-hybridized carbons (Fsp3) is 0.630. The number of rotatable bonds is 7. The van der Waals surface area contributed by atoms with E-state index in [1.807, 2.05) is 13.0 Å². The van der Waals surface area contributed by atoms with Crippen molar-refractivity contribution in [3.8, 4) is 0 Å². The highest BCUT2D eigenvalue weighted by molar-refractivity contribution is 7.89. The highest BCUT2D eigenvalue weighted by Gasteiger charge is 2.48. The molecule has 3 fully saturated rings. The van der Waals surface area contributed by atoms with Crippen LogP contribution in [-0.4, -0.2) is 67.3 Å². The van der Waals surface area contributed by atoms with E-state index in [1.54, 1.807) is 12.1 Å². The zero-order valence-corrected chi connectivity index (χ0v) is 23.0. The summed E-state index contributed by atoms with van der Waals surface area (Å²) in [6.45, 7) is 4.64.